The summed E-state index contributed by atoms with van der Waals surface area (Å²) in [6.45, 7) is 2.77. The number of nitrogens with zero attached hydrogens (tertiary/aromatic N) is 2. The molecule has 1 aliphatic rings. The molecule has 0 bridgehead atoms. The van der Waals surface area contributed by atoms with Crippen LogP contribution in [0, 0.1) is 0 Å². The molecule has 0 unspecified atom stereocenters. The topological polar surface area (TPSA) is 59.1 Å². The Balaban J connectivity index is 1.85. The summed E-state index contributed by atoms with van der Waals surface area (Å²) in [5.41, 5.74) is 0. The molecule has 5 heteroatoms. The Morgan fingerprint density at radius 3 is 2.63 bits per heavy atom. The maximum Gasteiger partial charge on any atom is 0.234 e. The van der Waals surface area contributed by atoms with Crippen LogP contribution in [0.15, 0.2) is 12.4 Å². The van der Waals surface area contributed by atoms with E-state index in [4.69, 9.17) is 4.74 Å². The van der Waals surface area contributed by atoms with Crippen LogP contribution >= 0.6 is 0 Å². The highest BCUT2D eigenvalue weighted by Crippen LogP contribution is 2.21. The number of hydrogen-bond donors (Lipinski definition) is 2. The number of aromatic nitrogens is 2. The van der Waals surface area contributed by atoms with Crippen molar-refractivity contribution in [3.8, 4) is 5.88 Å². The van der Waals surface area contributed by atoms with E-state index in [1.165, 1.54) is 25.7 Å². The van der Waals surface area contributed by atoms with Crippen LogP contribution in [0.25, 0.3) is 0 Å². The molecule has 0 amide bonds. The predicted molar refractivity (Wildman–Crippen MR) is 76.5 cm³/mol. The van der Waals surface area contributed by atoms with Gasteiger partial charge < -0.3 is 15.4 Å². The summed E-state index contributed by atoms with van der Waals surface area (Å²) < 4.78 is 5.50. The lowest BCUT2D eigenvalue weighted by Crippen LogP contribution is -2.35. The Bertz CT molecular complexity index is 377. The average Bonchev–Trinajstić information content (AvgIpc) is 2.46. The first kappa shape index (κ1) is 14.1. The second-order valence-electron chi connectivity index (χ2n) is 5.07. The van der Waals surface area contributed by atoms with Gasteiger partial charge in [0, 0.05) is 12.1 Å². The van der Waals surface area contributed by atoms with Crippen molar-refractivity contribution in [1.29, 1.82) is 0 Å². The number of hydrogen-bond acceptors (Lipinski definition) is 5. The molecular weight excluding hydrogens is 240 g/mol. The van der Waals surface area contributed by atoms with E-state index < -0.39 is 0 Å². The van der Waals surface area contributed by atoms with Gasteiger partial charge in [0.05, 0.1) is 19.0 Å². The highest BCUT2D eigenvalue weighted by Gasteiger charge is 2.20. The van der Waals surface area contributed by atoms with Crippen molar-refractivity contribution in [1.82, 2.24) is 15.3 Å². The summed E-state index contributed by atoms with van der Waals surface area (Å²) in [5.74, 6) is 1.43. The van der Waals surface area contributed by atoms with Gasteiger partial charge in [0.25, 0.3) is 0 Å². The van der Waals surface area contributed by atoms with E-state index in [1.807, 2.05) is 7.05 Å². The van der Waals surface area contributed by atoms with Crippen LogP contribution < -0.4 is 15.4 Å². The van der Waals surface area contributed by atoms with E-state index >= 15 is 0 Å². The van der Waals surface area contributed by atoms with Crippen molar-refractivity contribution in [3.63, 3.8) is 0 Å². The van der Waals surface area contributed by atoms with Crippen molar-refractivity contribution in [2.45, 2.75) is 51.1 Å². The van der Waals surface area contributed by atoms with Crippen molar-refractivity contribution >= 4 is 5.82 Å². The zero-order valence-electron chi connectivity index (χ0n) is 11.9. The van der Waals surface area contributed by atoms with Crippen molar-refractivity contribution in [2.24, 2.45) is 0 Å². The molecule has 0 aliphatic heterocycles. The van der Waals surface area contributed by atoms with Crippen LogP contribution in [0.4, 0.5) is 5.82 Å². The van der Waals surface area contributed by atoms with E-state index in [-0.39, 0.29) is 0 Å². The molecule has 19 heavy (non-hydrogen) atoms. The quantitative estimate of drug-likeness (QED) is 0.825. The molecule has 0 saturated heterocycles. The lowest BCUT2D eigenvalue weighted by atomic mass is 9.91. The van der Waals surface area contributed by atoms with E-state index in [9.17, 15) is 0 Å². The number of nitrogens with one attached hydrogen (secondary N) is 2. The Labute approximate surface area is 115 Å². The fourth-order valence-corrected chi connectivity index (χ4v) is 2.43. The zero-order chi connectivity index (χ0) is 13.5. The molecule has 1 heterocycles. The smallest absolute Gasteiger partial charge is 0.234 e. The molecule has 1 saturated carbocycles. The molecule has 1 fully saturated rings. The lowest BCUT2D eigenvalue weighted by molar-refractivity contribution is 0.304. The molecule has 0 aromatic carbocycles. The van der Waals surface area contributed by atoms with Gasteiger partial charge in [-0.1, -0.05) is 6.92 Å². The monoisotopic (exact) mass is 264 g/mol. The second kappa shape index (κ2) is 7.28. The average molecular weight is 264 g/mol. The molecule has 1 aromatic heterocycles. The van der Waals surface area contributed by atoms with Crippen molar-refractivity contribution in [2.75, 3.05) is 19.0 Å². The van der Waals surface area contributed by atoms with E-state index in [1.54, 1.807) is 12.4 Å². The lowest BCUT2D eigenvalue weighted by Gasteiger charge is -2.29. The van der Waals surface area contributed by atoms with Gasteiger partial charge in [0.1, 0.15) is 5.82 Å². The SMILES string of the molecule is CCCOc1cncc(NC2CCC(NC)CC2)n1. The van der Waals surface area contributed by atoms with Gasteiger partial charge in [-0.3, -0.25) is 4.98 Å². The van der Waals surface area contributed by atoms with Gasteiger partial charge in [-0.2, -0.15) is 4.98 Å². The summed E-state index contributed by atoms with van der Waals surface area (Å²) in [6.07, 6.45) is 9.19. The highest BCUT2D eigenvalue weighted by molar-refractivity contribution is 5.34. The molecule has 2 rings (SSSR count). The minimum absolute atomic E-state index is 0.500. The fourth-order valence-electron chi connectivity index (χ4n) is 2.43. The number of anilines is 1. The summed E-state index contributed by atoms with van der Waals surface area (Å²) in [5, 5.41) is 6.81. The second-order valence-corrected chi connectivity index (χ2v) is 5.07. The molecule has 106 valence electrons. The first-order valence-corrected chi connectivity index (χ1v) is 7.20. The highest BCUT2D eigenvalue weighted by atomic mass is 16.5. The molecule has 1 aromatic rings. The van der Waals surface area contributed by atoms with Crippen LogP contribution in [0.1, 0.15) is 39.0 Å². The van der Waals surface area contributed by atoms with Gasteiger partial charge in [-0.05, 0) is 39.2 Å². The van der Waals surface area contributed by atoms with Crippen LogP contribution in [0.3, 0.4) is 0 Å². The maximum atomic E-state index is 5.50. The number of ether oxygens (including phenoxy) is 1. The van der Waals surface area contributed by atoms with Crippen LogP contribution in [0.5, 0.6) is 5.88 Å². The Morgan fingerprint density at radius 1 is 1.21 bits per heavy atom. The first-order chi connectivity index (χ1) is 9.31. The molecule has 0 atom stereocenters. The zero-order valence-corrected chi connectivity index (χ0v) is 11.9. The maximum absolute atomic E-state index is 5.50. The van der Waals surface area contributed by atoms with Gasteiger partial charge in [0.2, 0.25) is 5.88 Å². The van der Waals surface area contributed by atoms with E-state index in [0.29, 0.717) is 24.6 Å². The molecule has 5 nitrogen and oxygen atoms in total. The standard InChI is InChI=1S/C14H24N4O/c1-3-8-19-14-10-16-9-13(18-14)17-12-6-4-11(15-2)5-7-12/h9-12,15H,3-8H2,1-2H3,(H,17,18). The van der Waals surface area contributed by atoms with Gasteiger partial charge in [-0.15, -0.1) is 0 Å². The molecule has 0 spiro atoms. The molecule has 2 N–H and O–H groups in total. The minimum Gasteiger partial charge on any atom is -0.477 e. The minimum atomic E-state index is 0.500. The third kappa shape index (κ3) is 4.35. The third-order valence-corrected chi connectivity index (χ3v) is 3.55. The van der Waals surface area contributed by atoms with Crippen molar-refractivity contribution < 1.29 is 4.74 Å². The Hall–Kier alpha value is -1.36. The van der Waals surface area contributed by atoms with Gasteiger partial charge >= 0.3 is 0 Å². The number of rotatable bonds is 6. The third-order valence-electron chi connectivity index (χ3n) is 3.55. The Kier molecular flexibility index (Phi) is 5.39. The van der Waals surface area contributed by atoms with Gasteiger partial charge in [0.15, 0.2) is 0 Å². The van der Waals surface area contributed by atoms with Crippen LogP contribution in [0.2, 0.25) is 0 Å². The Morgan fingerprint density at radius 2 is 1.95 bits per heavy atom. The summed E-state index contributed by atoms with van der Waals surface area (Å²) in [6, 6.07) is 1.17. The summed E-state index contributed by atoms with van der Waals surface area (Å²) >= 11 is 0. The van der Waals surface area contributed by atoms with Gasteiger partial charge in [-0.25, -0.2) is 0 Å². The van der Waals surface area contributed by atoms with Crippen molar-refractivity contribution in [3.05, 3.63) is 12.4 Å². The summed E-state index contributed by atoms with van der Waals surface area (Å²) in [7, 11) is 2.04. The van der Waals surface area contributed by atoms with Crippen LogP contribution in [-0.2, 0) is 0 Å². The molecule has 1 aliphatic carbocycles. The fraction of sp³-hybridized carbons (Fsp3) is 0.714. The normalized spacial score (nSPS) is 23.1. The van der Waals surface area contributed by atoms with Crippen LogP contribution in [-0.4, -0.2) is 35.7 Å². The van der Waals surface area contributed by atoms with E-state index in [0.717, 1.165) is 12.2 Å². The van der Waals surface area contributed by atoms with E-state index in [2.05, 4.69) is 27.5 Å². The molecular formula is C14H24N4O. The first-order valence-electron chi connectivity index (χ1n) is 7.20. The predicted octanol–water partition coefficient (Wildman–Crippen LogP) is 2.21. The molecule has 0 radical (unpaired) electrons. The summed E-state index contributed by atoms with van der Waals surface area (Å²) in [4.78, 5) is 8.60. The largest absolute Gasteiger partial charge is 0.477 e.